The van der Waals surface area contributed by atoms with E-state index in [4.69, 9.17) is 5.11 Å². The van der Waals surface area contributed by atoms with Crippen LogP contribution < -0.4 is 5.32 Å². The van der Waals surface area contributed by atoms with Gasteiger partial charge in [-0.25, -0.2) is 0 Å². The minimum absolute atomic E-state index is 0.0379. The molecule has 0 aromatic heterocycles. The van der Waals surface area contributed by atoms with Crippen LogP contribution in [0.3, 0.4) is 0 Å². The molecule has 18 heavy (non-hydrogen) atoms. The molecule has 98 valence electrons. The second-order valence-corrected chi connectivity index (χ2v) is 5.08. The Labute approximate surface area is 108 Å². The van der Waals surface area contributed by atoms with E-state index in [-0.39, 0.29) is 12.0 Å². The fourth-order valence-electron chi connectivity index (χ4n) is 2.37. The van der Waals surface area contributed by atoms with Crippen LogP contribution in [0, 0.1) is 0 Å². The predicted octanol–water partition coefficient (Wildman–Crippen LogP) is 2.07. The highest BCUT2D eigenvalue weighted by Crippen LogP contribution is 2.22. The topological polar surface area (TPSA) is 49.3 Å². The molecule has 2 N–H and O–H groups in total. The monoisotopic (exact) mass is 247 g/mol. The molecule has 1 unspecified atom stereocenters. The summed E-state index contributed by atoms with van der Waals surface area (Å²) in [6.07, 6.45) is 4.93. The van der Waals surface area contributed by atoms with E-state index in [2.05, 4.69) is 11.4 Å². The Morgan fingerprint density at radius 3 is 2.78 bits per heavy atom. The molecular formula is C15H21NO2. The van der Waals surface area contributed by atoms with E-state index < -0.39 is 0 Å². The first-order valence-corrected chi connectivity index (χ1v) is 6.75. The van der Waals surface area contributed by atoms with Gasteiger partial charge in [0.05, 0.1) is 6.10 Å². The highest BCUT2D eigenvalue weighted by molar-refractivity contribution is 5.94. The lowest BCUT2D eigenvalue weighted by atomic mass is 9.90. The molecule has 0 bridgehead atoms. The zero-order valence-corrected chi connectivity index (χ0v) is 10.9. The molecule has 1 aromatic carbocycles. The van der Waals surface area contributed by atoms with Crippen molar-refractivity contribution in [2.24, 2.45) is 0 Å². The number of carbonyl (C=O) groups excluding carboxylic acids is 1. The highest BCUT2D eigenvalue weighted by Gasteiger charge is 2.12. The van der Waals surface area contributed by atoms with Gasteiger partial charge in [0.25, 0.3) is 5.91 Å². The number of aryl methyl sites for hydroxylation is 2. The minimum Gasteiger partial charge on any atom is -0.393 e. The Balaban J connectivity index is 1.98. The second-order valence-electron chi connectivity index (χ2n) is 5.08. The predicted molar refractivity (Wildman–Crippen MR) is 71.7 cm³/mol. The summed E-state index contributed by atoms with van der Waals surface area (Å²) >= 11 is 0. The summed E-state index contributed by atoms with van der Waals surface area (Å²) in [5.74, 6) is -0.0379. The van der Waals surface area contributed by atoms with E-state index in [9.17, 15) is 4.79 Å². The molecule has 0 saturated carbocycles. The van der Waals surface area contributed by atoms with Gasteiger partial charge in [-0.3, -0.25) is 4.79 Å². The first-order valence-electron chi connectivity index (χ1n) is 6.75. The minimum atomic E-state index is -0.367. The average molecular weight is 247 g/mol. The van der Waals surface area contributed by atoms with Crippen LogP contribution in [0.1, 0.15) is 47.7 Å². The molecule has 0 spiro atoms. The molecule has 3 nitrogen and oxygen atoms in total. The van der Waals surface area contributed by atoms with Gasteiger partial charge in [0, 0.05) is 12.1 Å². The number of rotatable bonds is 4. The molecule has 1 aliphatic rings. The molecule has 0 radical (unpaired) electrons. The quantitative estimate of drug-likeness (QED) is 0.855. The maximum absolute atomic E-state index is 11.9. The van der Waals surface area contributed by atoms with Gasteiger partial charge in [0.2, 0.25) is 0 Å². The highest BCUT2D eigenvalue weighted by atomic mass is 16.3. The van der Waals surface area contributed by atoms with Gasteiger partial charge in [-0.1, -0.05) is 6.07 Å². The first kappa shape index (κ1) is 13.1. The molecule has 0 fully saturated rings. The number of hydrogen-bond donors (Lipinski definition) is 2. The van der Waals surface area contributed by atoms with Crippen LogP contribution in [-0.4, -0.2) is 23.7 Å². The molecule has 0 heterocycles. The van der Waals surface area contributed by atoms with Gasteiger partial charge < -0.3 is 10.4 Å². The van der Waals surface area contributed by atoms with Crippen molar-refractivity contribution in [1.29, 1.82) is 0 Å². The Morgan fingerprint density at radius 1 is 1.33 bits per heavy atom. The van der Waals surface area contributed by atoms with E-state index in [0.29, 0.717) is 13.0 Å². The summed E-state index contributed by atoms with van der Waals surface area (Å²) in [6, 6.07) is 6.01. The van der Waals surface area contributed by atoms with Crippen molar-refractivity contribution in [2.75, 3.05) is 6.54 Å². The van der Waals surface area contributed by atoms with E-state index >= 15 is 0 Å². The van der Waals surface area contributed by atoms with Gasteiger partial charge >= 0.3 is 0 Å². The number of amides is 1. The Morgan fingerprint density at radius 2 is 2.06 bits per heavy atom. The van der Waals surface area contributed by atoms with E-state index in [1.54, 1.807) is 6.92 Å². The molecule has 3 heteroatoms. The average Bonchev–Trinajstić information content (AvgIpc) is 2.37. The number of hydrogen-bond acceptors (Lipinski definition) is 2. The number of fused-ring (bicyclic) bond motifs is 1. The molecule has 1 atom stereocenters. The number of nitrogens with one attached hydrogen (secondary N) is 1. The van der Waals surface area contributed by atoms with Crippen molar-refractivity contribution >= 4 is 5.91 Å². The third kappa shape index (κ3) is 3.33. The third-order valence-electron chi connectivity index (χ3n) is 3.46. The van der Waals surface area contributed by atoms with Crippen LogP contribution >= 0.6 is 0 Å². The van der Waals surface area contributed by atoms with Crippen LogP contribution in [0.15, 0.2) is 18.2 Å². The Hall–Kier alpha value is -1.35. The Bertz CT molecular complexity index is 427. The fourth-order valence-corrected chi connectivity index (χ4v) is 2.37. The van der Waals surface area contributed by atoms with Crippen LogP contribution in [0.25, 0.3) is 0 Å². The second kappa shape index (κ2) is 6.01. The van der Waals surface area contributed by atoms with Crippen LogP contribution in [0.5, 0.6) is 0 Å². The fraction of sp³-hybridized carbons (Fsp3) is 0.533. The number of carbonyl (C=O) groups is 1. The maximum atomic E-state index is 11.9. The van der Waals surface area contributed by atoms with E-state index in [0.717, 1.165) is 18.4 Å². The Kier molecular flexibility index (Phi) is 4.37. The number of aliphatic hydroxyl groups excluding tert-OH is 1. The molecule has 2 rings (SSSR count). The van der Waals surface area contributed by atoms with Crippen molar-refractivity contribution in [3.63, 3.8) is 0 Å². The summed E-state index contributed by atoms with van der Waals surface area (Å²) in [7, 11) is 0. The summed E-state index contributed by atoms with van der Waals surface area (Å²) in [6.45, 7) is 2.25. The molecule has 1 amide bonds. The van der Waals surface area contributed by atoms with Crippen LogP contribution in [0.4, 0.5) is 0 Å². The summed E-state index contributed by atoms with van der Waals surface area (Å²) in [5.41, 5.74) is 3.45. The van der Waals surface area contributed by atoms with Crippen molar-refractivity contribution in [2.45, 2.75) is 45.1 Å². The summed E-state index contributed by atoms with van der Waals surface area (Å²) in [5, 5.41) is 12.0. The summed E-state index contributed by atoms with van der Waals surface area (Å²) in [4.78, 5) is 11.9. The van der Waals surface area contributed by atoms with Gasteiger partial charge in [-0.05, 0) is 62.3 Å². The molecular weight excluding hydrogens is 226 g/mol. The number of benzene rings is 1. The SMILES string of the molecule is CC(O)CCNC(=O)c1ccc2c(c1)CCCC2. The summed E-state index contributed by atoms with van der Waals surface area (Å²) < 4.78 is 0. The van der Waals surface area contributed by atoms with Gasteiger partial charge in [0.1, 0.15) is 0 Å². The van der Waals surface area contributed by atoms with E-state index in [1.165, 1.54) is 24.0 Å². The normalized spacial score (nSPS) is 15.9. The van der Waals surface area contributed by atoms with Gasteiger partial charge in [0.15, 0.2) is 0 Å². The van der Waals surface area contributed by atoms with Crippen molar-refractivity contribution in [3.8, 4) is 0 Å². The lowest BCUT2D eigenvalue weighted by Crippen LogP contribution is -2.26. The molecule has 0 aliphatic heterocycles. The number of aliphatic hydroxyl groups is 1. The van der Waals surface area contributed by atoms with Crippen LogP contribution in [-0.2, 0) is 12.8 Å². The molecule has 1 aliphatic carbocycles. The zero-order chi connectivity index (χ0) is 13.0. The van der Waals surface area contributed by atoms with Gasteiger partial charge in [-0.15, -0.1) is 0 Å². The van der Waals surface area contributed by atoms with Crippen molar-refractivity contribution in [1.82, 2.24) is 5.32 Å². The van der Waals surface area contributed by atoms with Gasteiger partial charge in [-0.2, -0.15) is 0 Å². The maximum Gasteiger partial charge on any atom is 0.251 e. The largest absolute Gasteiger partial charge is 0.393 e. The van der Waals surface area contributed by atoms with Crippen molar-refractivity contribution in [3.05, 3.63) is 34.9 Å². The molecule has 1 aromatic rings. The third-order valence-corrected chi connectivity index (χ3v) is 3.46. The smallest absolute Gasteiger partial charge is 0.251 e. The lowest BCUT2D eigenvalue weighted by molar-refractivity contribution is 0.0945. The first-order chi connectivity index (χ1) is 8.66. The standard InChI is InChI=1S/C15H21NO2/c1-11(17)8-9-16-15(18)14-7-6-12-4-2-3-5-13(12)10-14/h6-7,10-11,17H,2-5,8-9H2,1H3,(H,16,18). The van der Waals surface area contributed by atoms with Crippen molar-refractivity contribution < 1.29 is 9.90 Å². The van der Waals surface area contributed by atoms with Crippen LogP contribution in [0.2, 0.25) is 0 Å². The van der Waals surface area contributed by atoms with E-state index in [1.807, 2.05) is 12.1 Å². The molecule has 0 saturated heterocycles. The lowest BCUT2D eigenvalue weighted by Gasteiger charge is -2.16. The zero-order valence-electron chi connectivity index (χ0n) is 10.9.